The molecular weight excluding hydrogens is 261 g/mol. The van der Waals surface area contributed by atoms with Crippen LogP contribution in [0.2, 0.25) is 0 Å². The number of halogens is 1. The Labute approximate surface area is 114 Å². The highest BCUT2D eigenvalue weighted by Gasteiger charge is 2.13. The molecule has 1 aromatic carbocycles. The molecule has 6 nitrogen and oxygen atoms in total. The van der Waals surface area contributed by atoms with E-state index >= 15 is 0 Å². The summed E-state index contributed by atoms with van der Waals surface area (Å²) in [7, 11) is 0. The van der Waals surface area contributed by atoms with Crippen molar-refractivity contribution in [1.82, 2.24) is 4.98 Å². The van der Waals surface area contributed by atoms with Crippen LogP contribution in [0.1, 0.15) is 15.9 Å². The van der Waals surface area contributed by atoms with Crippen LogP contribution < -0.4 is 16.6 Å². The maximum Gasteiger partial charge on any atom is 0.259 e. The number of amides is 1. The average molecular weight is 271 g/mol. The quantitative estimate of drug-likeness (QED) is 0.581. The lowest BCUT2D eigenvalue weighted by Crippen LogP contribution is -2.18. The third kappa shape index (κ3) is 2.71. The molecule has 1 heterocycles. The molecule has 0 aliphatic rings. The number of rotatable bonds is 3. The molecule has 0 aliphatic carbocycles. The second-order valence-corrected chi connectivity index (χ2v) is 3.83. The van der Waals surface area contributed by atoms with E-state index in [1.807, 2.05) is 6.07 Å². The number of hydrazine groups is 1. The summed E-state index contributed by atoms with van der Waals surface area (Å²) in [5.74, 6) is 4.03. The van der Waals surface area contributed by atoms with Gasteiger partial charge in [-0.25, -0.2) is 4.39 Å². The highest BCUT2D eigenvalue weighted by atomic mass is 19.1. The van der Waals surface area contributed by atoms with Gasteiger partial charge in [0.25, 0.3) is 5.91 Å². The van der Waals surface area contributed by atoms with Crippen LogP contribution in [0.3, 0.4) is 0 Å². The molecule has 7 heteroatoms. The summed E-state index contributed by atoms with van der Waals surface area (Å²) in [5, 5.41) is 11.0. The van der Waals surface area contributed by atoms with Crippen LogP contribution >= 0.6 is 0 Å². The van der Waals surface area contributed by atoms with Crippen molar-refractivity contribution in [3.8, 4) is 6.07 Å². The minimum atomic E-state index is -0.691. The zero-order valence-electron chi connectivity index (χ0n) is 10.2. The first-order valence-electron chi connectivity index (χ1n) is 5.57. The molecular formula is C13H10FN5O. The van der Waals surface area contributed by atoms with Crippen molar-refractivity contribution in [1.29, 1.82) is 5.26 Å². The topological polar surface area (TPSA) is 104 Å². The molecule has 0 saturated carbocycles. The molecule has 20 heavy (non-hydrogen) atoms. The van der Waals surface area contributed by atoms with Crippen molar-refractivity contribution in [3.63, 3.8) is 0 Å². The minimum Gasteiger partial charge on any atom is -0.323 e. The van der Waals surface area contributed by atoms with E-state index in [1.165, 1.54) is 30.6 Å². The summed E-state index contributed by atoms with van der Waals surface area (Å²) in [6.45, 7) is 0. The summed E-state index contributed by atoms with van der Waals surface area (Å²) in [6.07, 6.45) is 2.78. The molecule has 0 radical (unpaired) electrons. The van der Waals surface area contributed by atoms with E-state index in [0.717, 1.165) is 6.07 Å². The summed E-state index contributed by atoms with van der Waals surface area (Å²) in [5.41, 5.74) is 3.05. The number of benzene rings is 1. The molecule has 0 unspecified atom stereocenters. The molecule has 100 valence electrons. The summed E-state index contributed by atoms with van der Waals surface area (Å²) >= 11 is 0. The van der Waals surface area contributed by atoms with E-state index in [-0.39, 0.29) is 16.8 Å². The van der Waals surface area contributed by atoms with Crippen LogP contribution in [-0.2, 0) is 0 Å². The molecule has 2 rings (SSSR count). The fraction of sp³-hybridized carbons (Fsp3) is 0. The van der Waals surface area contributed by atoms with Gasteiger partial charge in [-0.2, -0.15) is 5.26 Å². The Kier molecular flexibility index (Phi) is 3.88. The Morgan fingerprint density at radius 1 is 1.35 bits per heavy atom. The van der Waals surface area contributed by atoms with E-state index in [2.05, 4.69) is 15.7 Å². The number of pyridine rings is 1. The normalized spacial score (nSPS) is 9.65. The lowest BCUT2D eigenvalue weighted by atomic mass is 10.2. The highest BCUT2D eigenvalue weighted by molar-refractivity contribution is 6.07. The molecule has 1 aromatic heterocycles. The molecule has 0 aliphatic heterocycles. The number of hydrogen-bond donors (Lipinski definition) is 3. The van der Waals surface area contributed by atoms with Gasteiger partial charge in [0.05, 0.1) is 28.6 Å². The van der Waals surface area contributed by atoms with Crippen molar-refractivity contribution in [2.45, 2.75) is 0 Å². The first-order valence-corrected chi connectivity index (χ1v) is 5.57. The van der Waals surface area contributed by atoms with Crippen LogP contribution in [0, 0.1) is 17.1 Å². The number of anilines is 2. The highest BCUT2D eigenvalue weighted by Crippen LogP contribution is 2.18. The number of nitrogen functional groups attached to an aromatic ring is 1. The largest absolute Gasteiger partial charge is 0.323 e. The molecule has 1 amide bonds. The van der Waals surface area contributed by atoms with Gasteiger partial charge >= 0.3 is 0 Å². The minimum absolute atomic E-state index is 0.0270. The SMILES string of the molecule is N#Cc1ccc(NC(=O)c2cnccc2NN)c(F)c1. The zero-order chi connectivity index (χ0) is 14.5. The van der Waals surface area contributed by atoms with Gasteiger partial charge in [-0.1, -0.05) is 0 Å². The van der Waals surface area contributed by atoms with Gasteiger partial charge in [-0.15, -0.1) is 0 Å². The Hall–Kier alpha value is -2.98. The maximum atomic E-state index is 13.7. The van der Waals surface area contributed by atoms with Gasteiger partial charge in [0.15, 0.2) is 0 Å². The van der Waals surface area contributed by atoms with Gasteiger partial charge in [0, 0.05) is 12.4 Å². The standard InChI is InChI=1S/C13H10FN5O/c14-10-5-8(6-15)1-2-12(10)18-13(20)9-7-17-4-3-11(9)19-16/h1-5,7H,16H2,(H,17,19)(H,18,20). The smallest absolute Gasteiger partial charge is 0.259 e. The van der Waals surface area contributed by atoms with Crippen LogP contribution in [0.5, 0.6) is 0 Å². The molecule has 0 saturated heterocycles. The first-order chi connectivity index (χ1) is 9.65. The van der Waals surface area contributed by atoms with Crippen molar-refractivity contribution >= 4 is 17.3 Å². The predicted molar refractivity (Wildman–Crippen MR) is 71.1 cm³/mol. The molecule has 0 spiro atoms. The average Bonchev–Trinajstić information content (AvgIpc) is 2.49. The first kappa shape index (κ1) is 13.5. The second kappa shape index (κ2) is 5.77. The second-order valence-electron chi connectivity index (χ2n) is 3.83. The maximum absolute atomic E-state index is 13.7. The number of nitrogens with two attached hydrogens (primary N) is 1. The van der Waals surface area contributed by atoms with Crippen molar-refractivity contribution in [2.75, 3.05) is 10.7 Å². The lowest BCUT2D eigenvalue weighted by molar-refractivity contribution is 0.102. The van der Waals surface area contributed by atoms with Gasteiger partial charge in [-0.3, -0.25) is 15.6 Å². The Balaban J connectivity index is 2.26. The van der Waals surface area contributed by atoms with Crippen molar-refractivity contribution in [2.24, 2.45) is 5.84 Å². The molecule has 0 bridgehead atoms. The summed E-state index contributed by atoms with van der Waals surface area (Å²) in [4.78, 5) is 15.8. The van der Waals surface area contributed by atoms with Gasteiger partial charge in [0.2, 0.25) is 0 Å². The Bertz CT molecular complexity index is 695. The molecule has 0 atom stereocenters. The number of nitriles is 1. The Morgan fingerprint density at radius 2 is 2.15 bits per heavy atom. The Morgan fingerprint density at radius 3 is 2.80 bits per heavy atom. The van der Waals surface area contributed by atoms with Crippen LogP contribution in [0.25, 0.3) is 0 Å². The van der Waals surface area contributed by atoms with E-state index < -0.39 is 11.7 Å². The summed E-state index contributed by atoms with van der Waals surface area (Å²) < 4.78 is 13.7. The third-order valence-electron chi connectivity index (χ3n) is 2.57. The fourth-order valence-electron chi connectivity index (χ4n) is 1.58. The fourth-order valence-corrected chi connectivity index (χ4v) is 1.58. The van der Waals surface area contributed by atoms with E-state index in [4.69, 9.17) is 11.1 Å². The summed E-state index contributed by atoms with van der Waals surface area (Å²) in [6, 6.07) is 7.09. The van der Waals surface area contributed by atoms with Gasteiger partial charge < -0.3 is 10.7 Å². The molecule has 4 N–H and O–H groups in total. The van der Waals surface area contributed by atoms with Gasteiger partial charge in [0.1, 0.15) is 5.82 Å². The monoisotopic (exact) mass is 271 g/mol. The van der Waals surface area contributed by atoms with E-state index in [1.54, 1.807) is 0 Å². The van der Waals surface area contributed by atoms with Gasteiger partial charge in [-0.05, 0) is 24.3 Å². The van der Waals surface area contributed by atoms with Crippen molar-refractivity contribution < 1.29 is 9.18 Å². The number of hydrogen-bond acceptors (Lipinski definition) is 5. The molecule has 0 fully saturated rings. The van der Waals surface area contributed by atoms with Crippen LogP contribution in [-0.4, -0.2) is 10.9 Å². The number of carbonyl (C=O) groups is 1. The molecule has 2 aromatic rings. The number of nitrogens with zero attached hydrogens (tertiary/aromatic N) is 2. The van der Waals surface area contributed by atoms with E-state index in [0.29, 0.717) is 5.69 Å². The third-order valence-corrected chi connectivity index (χ3v) is 2.57. The number of nitrogens with one attached hydrogen (secondary N) is 2. The zero-order valence-corrected chi connectivity index (χ0v) is 10.2. The lowest BCUT2D eigenvalue weighted by Gasteiger charge is -2.09. The van der Waals surface area contributed by atoms with Crippen molar-refractivity contribution in [3.05, 3.63) is 53.6 Å². The van der Waals surface area contributed by atoms with E-state index in [9.17, 15) is 9.18 Å². The number of carbonyl (C=O) groups excluding carboxylic acids is 1. The van der Waals surface area contributed by atoms with Crippen LogP contribution in [0.15, 0.2) is 36.7 Å². The van der Waals surface area contributed by atoms with Crippen LogP contribution in [0.4, 0.5) is 15.8 Å². The number of aromatic nitrogens is 1. The predicted octanol–water partition coefficient (Wildman–Crippen LogP) is 1.63.